The molecule has 3 nitrogen and oxygen atoms in total. The van der Waals surface area contributed by atoms with E-state index < -0.39 is 5.60 Å². The molecule has 0 saturated heterocycles. The molecule has 0 fully saturated rings. The molecular formula is C9H11NO2. The molecule has 0 unspecified atom stereocenters. The van der Waals surface area contributed by atoms with Crippen LogP contribution in [0.15, 0.2) is 24.5 Å². The maximum atomic E-state index is 11.0. The van der Waals surface area contributed by atoms with Gasteiger partial charge in [-0.1, -0.05) is 6.07 Å². The summed E-state index contributed by atoms with van der Waals surface area (Å²) in [5.74, 6) is -0.282. The fraction of sp³-hybridized carbons (Fsp3) is 0.333. The van der Waals surface area contributed by atoms with Crippen LogP contribution >= 0.6 is 0 Å². The molecule has 64 valence electrons. The third-order valence-corrected chi connectivity index (χ3v) is 1.91. The molecule has 0 aliphatic rings. The Morgan fingerprint density at radius 3 is 2.75 bits per heavy atom. The molecule has 1 aromatic rings. The van der Waals surface area contributed by atoms with Crippen molar-refractivity contribution in [3.05, 3.63) is 30.1 Å². The Labute approximate surface area is 71.1 Å². The van der Waals surface area contributed by atoms with Crippen LogP contribution in [-0.4, -0.2) is 15.9 Å². The van der Waals surface area contributed by atoms with Crippen LogP contribution in [0.2, 0.25) is 0 Å². The Bertz CT molecular complexity index is 280. The van der Waals surface area contributed by atoms with Crippen LogP contribution in [-0.2, 0) is 10.4 Å². The van der Waals surface area contributed by atoms with E-state index in [2.05, 4.69) is 4.98 Å². The number of hydrogen-bond acceptors (Lipinski definition) is 3. The lowest BCUT2D eigenvalue weighted by molar-refractivity contribution is -0.134. The summed E-state index contributed by atoms with van der Waals surface area (Å²) in [4.78, 5) is 14.8. The maximum Gasteiger partial charge on any atom is 0.165 e. The van der Waals surface area contributed by atoms with Crippen LogP contribution in [0.5, 0.6) is 0 Å². The van der Waals surface area contributed by atoms with Crippen molar-refractivity contribution in [1.29, 1.82) is 0 Å². The van der Waals surface area contributed by atoms with Crippen molar-refractivity contribution in [3.63, 3.8) is 0 Å². The molecule has 0 bridgehead atoms. The first kappa shape index (κ1) is 8.87. The van der Waals surface area contributed by atoms with Gasteiger partial charge in [0.1, 0.15) is 5.60 Å². The first-order valence-electron chi connectivity index (χ1n) is 3.69. The van der Waals surface area contributed by atoms with Gasteiger partial charge in [-0.3, -0.25) is 9.78 Å². The number of aliphatic hydroxyl groups is 1. The van der Waals surface area contributed by atoms with Gasteiger partial charge in [-0.2, -0.15) is 0 Å². The van der Waals surface area contributed by atoms with Gasteiger partial charge in [0.15, 0.2) is 5.78 Å². The highest BCUT2D eigenvalue weighted by Gasteiger charge is 2.28. The standard InChI is InChI=1S/C9H11NO2/c1-7(11)9(2,12)8-4-3-5-10-6-8/h3-6,12H,1-2H3/t9-/m1/s1. The number of aromatic nitrogens is 1. The molecule has 1 atom stereocenters. The molecule has 1 rings (SSSR count). The Kier molecular flexibility index (Phi) is 2.24. The first-order chi connectivity index (χ1) is 5.55. The van der Waals surface area contributed by atoms with Gasteiger partial charge in [0.05, 0.1) is 0 Å². The lowest BCUT2D eigenvalue weighted by Gasteiger charge is -2.19. The van der Waals surface area contributed by atoms with Crippen LogP contribution in [0.4, 0.5) is 0 Å². The highest BCUT2D eigenvalue weighted by Crippen LogP contribution is 2.19. The van der Waals surface area contributed by atoms with Crippen molar-refractivity contribution >= 4 is 5.78 Å². The molecule has 0 aliphatic heterocycles. The molecule has 0 radical (unpaired) electrons. The molecule has 3 heteroatoms. The largest absolute Gasteiger partial charge is 0.378 e. The third kappa shape index (κ3) is 1.51. The number of ketones is 1. The second-order valence-electron chi connectivity index (χ2n) is 2.87. The molecule has 0 spiro atoms. The highest BCUT2D eigenvalue weighted by atomic mass is 16.3. The minimum atomic E-state index is -1.41. The molecule has 12 heavy (non-hydrogen) atoms. The summed E-state index contributed by atoms with van der Waals surface area (Å²) in [6.07, 6.45) is 3.08. The van der Waals surface area contributed by atoms with Crippen LogP contribution in [0, 0.1) is 0 Å². The second kappa shape index (κ2) is 3.03. The number of carbonyl (C=O) groups is 1. The van der Waals surface area contributed by atoms with E-state index >= 15 is 0 Å². The van der Waals surface area contributed by atoms with Gasteiger partial charge >= 0.3 is 0 Å². The number of carbonyl (C=O) groups excluding carboxylic acids is 1. The van der Waals surface area contributed by atoms with Crippen LogP contribution < -0.4 is 0 Å². The van der Waals surface area contributed by atoms with E-state index in [1.807, 2.05) is 0 Å². The number of rotatable bonds is 2. The zero-order chi connectivity index (χ0) is 9.19. The quantitative estimate of drug-likeness (QED) is 0.707. The van der Waals surface area contributed by atoms with Crippen molar-refractivity contribution in [1.82, 2.24) is 4.98 Å². The Morgan fingerprint density at radius 1 is 1.67 bits per heavy atom. The van der Waals surface area contributed by atoms with E-state index in [1.54, 1.807) is 18.3 Å². The van der Waals surface area contributed by atoms with Gasteiger partial charge < -0.3 is 5.11 Å². The second-order valence-corrected chi connectivity index (χ2v) is 2.87. The molecule has 1 N–H and O–H groups in total. The lowest BCUT2D eigenvalue weighted by atomic mass is 9.94. The van der Waals surface area contributed by atoms with Gasteiger partial charge in [0, 0.05) is 18.0 Å². The molecular weight excluding hydrogens is 154 g/mol. The molecule has 1 aromatic heterocycles. The van der Waals surface area contributed by atoms with E-state index in [4.69, 9.17) is 0 Å². The summed E-state index contributed by atoms with van der Waals surface area (Å²) in [6.45, 7) is 2.82. The van der Waals surface area contributed by atoms with Gasteiger partial charge in [0.2, 0.25) is 0 Å². The maximum absolute atomic E-state index is 11.0. The highest BCUT2D eigenvalue weighted by molar-refractivity contribution is 5.85. The summed E-state index contributed by atoms with van der Waals surface area (Å²) >= 11 is 0. The average molecular weight is 165 g/mol. The normalized spacial score (nSPS) is 15.2. The minimum Gasteiger partial charge on any atom is -0.378 e. The van der Waals surface area contributed by atoms with Crippen molar-refractivity contribution in [3.8, 4) is 0 Å². The predicted octanol–water partition coefficient (Wildman–Crippen LogP) is 0.878. The molecule has 0 aromatic carbocycles. The Hall–Kier alpha value is -1.22. The van der Waals surface area contributed by atoms with Gasteiger partial charge in [-0.05, 0) is 19.9 Å². The first-order valence-corrected chi connectivity index (χ1v) is 3.69. The summed E-state index contributed by atoms with van der Waals surface area (Å²) in [6, 6.07) is 3.36. The predicted molar refractivity (Wildman–Crippen MR) is 44.5 cm³/mol. The van der Waals surface area contributed by atoms with Crippen LogP contribution in [0.25, 0.3) is 0 Å². The topological polar surface area (TPSA) is 50.2 Å². The zero-order valence-corrected chi connectivity index (χ0v) is 7.11. The van der Waals surface area contributed by atoms with Crippen LogP contribution in [0.1, 0.15) is 19.4 Å². The molecule has 0 aliphatic carbocycles. The fourth-order valence-corrected chi connectivity index (χ4v) is 0.854. The summed E-state index contributed by atoms with van der Waals surface area (Å²) < 4.78 is 0. The molecule has 1 heterocycles. The number of Topliss-reactive ketones (excluding diaryl/α,β-unsaturated/α-hetero) is 1. The van der Waals surface area contributed by atoms with Gasteiger partial charge in [-0.25, -0.2) is 0 Å². The Morgan fingerprint density at radius 2 is 2.33 bits per heavy atom. The number of nitrogens with zero attached hydrogens (tertiary/aromatic N) is 1. The number of hydrogen-bond donors (Lipinski definition) is 1. The van der Waals surface area contributed by atoms with E-state index in [9.17, 15) is 9.90 Å². The SMILES string of the molecule is CC(=O)[C@@](C)(O)c1cccnc1. The van der Waals surface area contributed by atoms with Crippen molar-refractivity contribution in [2.75, 3.05) is 0 Å². The zero-order valence-electron chi connectivity index (χ0n) is 7.11. The molecule has 0 amide bonds. The average Bonchev–Trinajstić information content (AvgIpc) is 2.06. The van der Waals surface area contributed by atoms with Gasteiger partial charge in [-0.15, -0.1) is 0 Å². The van der Waals surface area contributed by atoms with E-state index in [-0.39, 0.29) is 5.78 Å². The summed E-state index contributed by atoms with van der Waals surface area (Å²) in [7, 11) is 0. The Balaban J connectivity index is 3.06. The fourth-order valence-electron chi connectivity index (χ4n) is 0.854. The minimum absolute atomic E-state index is 0.282. The smallest absolute Gasteiger partial charge is 0.165 e. The third-order valence-electron chi connectivity index (χ3n) is 1.91. The summed E-state index contributed by atoms with van der Waals surface area (Å²) in [5.41, 5.74) is -0.883. The van der Waals surface area contributed by atoms with E-state index in [0.717, 1.165) is 0 Å². The molecule has 0 saturated carbocycles. The van der Waals surface area contributed by atoms with E-state index in [1.165, 1.54) is 20.0 Å². The van der Waals surface area contributed by atoms with E-state index in [0.29, 0.717) is 5.56 Å². The monoisotopic (exact) mass is 165 g/mol. The van der Waals surface area contributed by atoms with Crippen molar-refractivity contribution in [2.45, 2.75) is 19.4 Å². The summed E-state index contributed by atoms with van der Waals surface area (Å²) in [5, 5.41) is 9.67. The lowest BCUT2D eigenvalue weighted by Crippen LogP contribution is -2.29. The van der Waals surface area contributed by atoms with Crippen molar-refractivity contribution in [2.24, 2.45) is 0 Å². The van der Waals surface area contributed by atoms with Gasteiger partial charge in [0.25, 0.3) is 0 Å². The van der Waals surface area contributed by atoms with Crippen molar-refractivity contribution < 1.29 is 9.90 Å². The number of pyridine rings is 1. The van der Waals surface area contributed by atoms with Crippen LogP contribution in [0.3, 0.4) is 0 Å².